The minimum atomic E-state index is -0.392. The van der Waals surface area contributed by atoms with E-state index in [4.69, 9.17) is 0 Å². The highest BCUT2D eigenvalue weighted by Crippen LogP contribution is 2.24. The molecule has 0 unspecified atom stereocenters. The van der Waals surface area contributed by atoms with Gasteiger partial charge < -0.3 is 15.3 Å². The highest BCUT2D eigenvalue weighted by molar-refractivity contribution is 5.28. The van der Waals surface area contributed by atoms with Crippen LogP contribution in [0.5, 0.6) is 5.75 Å². The molecule has 0 saturated heterocycles. The van der Waals surface area contributed by atoms with Gasteiger partial charge in [0.25, 0.3) is 0 Å². The van der Waals surface area contributed by atoms with Crippen LogP contribution in [0.2, 0.25) is 0 Å². The summed E-state index contributed by atoms with van der Waals surface area (Å²) in [6.45, 7) is 2.47. The molecule has 0 spiro atoms. The predicted molar refractivity (Wildman–Crippen MR) is 65.4 cm³/mol. The normalized spacial score (nSPS) is 15.5. The molecule has 4 heteroatoms. The monoisotopic (exact) mass is 238 g/mol. The van der Waals surface area contributed by atoms with E-state index in [0.717, 1.165) is 30.8 Å². The van der Waals surface area contributed by atoms with Crippen molar-refractivity contribution >= 4 is 0 Å². The van der Waals surface area contributed by atoms with Crippen molar-refractivity contribution in [2.45, 2.75) is 25.4 Å². The van der Waals surface area contributed by atoms with E-state index in [1.165, 1.54) is 18.9 Å². The van der Waals surface area contributed by atoms with Gasteiger partial charge in [-0.1, -0.05) is 0 Å². The van der Waals surface area contributed by atoms with E-state index in [1.807, 2.05) is 0 Å². The second-order valence-corrected chi connectivity index (χ2v) is 4.71. The largest absolute Gasteiger partial charge is 0.508 e. The Morgan fingerprint density at radius 1 is 1.41 bits per heavy atom. The third-order valence-electron chi connectivity index (χ3n) is 3.08. The summed E-state index contributed by atoms with van der Waals surface area (Å²) >= 11 is 0. The lowest BCUT2D eigenvalue weighted by Crippen LogP contribution is -2.30. The van der Waals surface area contributed by atoms with E-state index >= 15 is 0 Å². The van der Waals surface area contributed by atoms with Gasteiger partial charge in [-0.25, -0.2) is 4.39 Å². The maximum absolute atomic E-state index is 13.0. The molecular formula is C13H19FN2O. The van der Waals surface area contributed by atoms with Crippen LogP contribution >= 0.6 is 0 Å². The SMILES string of the molecule is CN(CCNCc1cc(O)cc(F)c1)C1CC1. The first kappa shape index (κ1) is 12.3. The zero-order valence-corrected chi connectivity index (χ0v) is 10.1. The van der Waals surface area contributed by atoms with Gasteiger partial charge in [-0.05, 0) is 37.6 Å². The molecule has 1 aliphatic carbocycles. The molecule has 2 rings (SSSR count). The van der Waals surface area contributed by atoms with Crippen molar-refractivity contribution in [3.63, 3.8) is 0 Å². The average Bonchev–Trinajstić information content (AvgIpc) is 3.06. The molecule has 2 N–H and O–H groups in total. The first-order valence-corrected chi connectivity index (χ1v) is 6.04. The van der Waals surface area contributed by atoms with Gasteiger partial charge in [-0.3, -0.25) is 0 Å². The zero-order chi connectivity index (χ0) is 12.3. The van der Waals surface area contributed by atoms with Crippen LogP contribution in [-0.4, -0.2) is 36.2 Å². The Bertz CT molecular complexity index is 359. The van der Waals surface area contributed by atoms with Gasteiger partial charge >= 0.3 is 0 Å². The summed E-state index contributed by atoms with van der Waals surface area (Å²) in [5, 5.41) is 12.5. The molecule has 0 heterocycles. The summed E-state index contributed by atoms with van der Waals surface area (Å²) in [5.74, 6) is -0.409. The molecular weight excluding hydrogens is 219 g/mol. The van der Waals surface area contributed by atoms with Gasteiger partial charge in [-0.2, -0.15) is 0 Å². The van der Waals surface area contributed by atoms with E-state index in [-0.39, 0.29) is 5.75 Å². The molecule has 3 nitrogen and oxygen atoms in total. The standard InChI is InChI=1S/C13H19FN2O/c1-16(12-2-3-12)5-4-15-9-10-6-11(14)8-13(17)7-10/h6-8,12,15,17H,2-5,9H2,1H3. The maximum Gasteiger partial charge on any atom is 0.127 e. The molecule has 94 valence electrons. The van der Waals surface area contributed by atoms with Crippen molar-refractivity contribution in [1.29, 1.82) is 0 Å². The summed E-state index contributed by atoms with van der Waals surface area (Å²) in [6.07, 6.45) is 2.63. The zero-order valence-electron chi connectivity index (χ0n) is 10.1. The van der Waals surface area contributed by atoms with Gasteiger partial charge in [0.15, 0.2) is 0 Å². The first-order chi connectivity index (χ1) is 8.15. The Balaban J connectivity index is 1.70. The Hall–Kier alpha value is -1.13. The lowest BCUT2D eigenvalue weighted by atomic mass is 10.2. The number of phenols is 1. The summed E-state index contributed by atoms with van der Waals surface area (Å²) < 4.78 is 13.0. The summed E-state index contributed by atoms with van der Waals surface area (Å²) in [5.41, 5.74) is 0.775. The highest BCUT2D eigenvalue weighted by Gasteiger charge is 2.25. The van der Waals surface area contributed by atoms with E-state index < -0.39 is 5.82 Å². The van der Waals surface area contributed by atoms with Gasteiger partial charge in [0, 0.05) is 31.7 Å². The number of halogens is 1. The van der Waals surface area contributed by atoms with Crippen molar-refractivity contribution in [3.8, 4) is 5.75 Å². The van der Waals surface area contributed by atoms with Crippen molar-refractivity contribution in [2.75, 3.05) is 20.1 Å². The smallest absolute Gasteiger partial charge is 0.127 e. The number of benzene rings is 1. The number of nitrogens with one attached hydrogen (secondary N) is 1. The highest BCUT2D eigenvalue weighted by atomic mass is 19.1. The molecule has 1 aromatic carbocycles. The Morgan fingerprint density at radius 3 is 2.82 bits per heavy atom. The van der Waals surface area contributed by atoms with Gasteiger partial charge in [0.2, 0.25) is 0 Å². The van der Waals surface area contributed by atoms with Crippen LogP contribution in [0, 0.1) is 5.82 Å². The van der Waals surface area contributed by atoms with Gasteiger partial charge in [-0.15, -0.1) is 0 Å². The molecule has 0 atom stereocenters. The fraction of sp³-hybridized carbons (Fsp3) is 0.538. The van der Waals surface area contributed by atoms with Crippen molar-refractivity contribution in [3.05, 3.63) is 29.6 Å². The summed E-state index contributed by atoms with van der Waals surface area (Å²) in [4.78, 5) is 2.34. The maximum atomic E-state index is 13.0. The molecule has 1 fully saturated rings. The quantitative estimate of drug-likeness (QED) is 0.741. The van der Waals surface area contributed by atoms with E-state index in [9.17, 15) is 9.50 Å². The lowest BCUT2D eigenvalue weighted by molar-refractivity contribution is 0.321. The minimum Gasteiger partial charge on any atom is -0.508 e. The Morgan fingerprint density at radius 2 is 2.18 bits per heavy atom. The first-order valence-electron chi connectivity index (χ1n) is 6.04. The number of rotatable bonds is 6. The Labute approximate surface area is 101 Å². The molecule has 17 heavy (non-hydrogen) atoms. The predicted octanol–water partition coefficient (Wildman–Crippen LogP) is 1.72. The third kappa shape index (κ3) is 3.98. The number of phenolic OH excluding ortho intramolecular Hbond substituents is 1. The third-order valence-corrected chi connectivity index (χ3v) is 3.08. The van der Waals surface area contributed by atoms with Crippen LogP contribution in [-0.2, 0) is 6.54 Å². The van der Waals surface area contributed by atoms with Crippen LogP contribution in [0.1, 0.15) is 18.4 Å². The lowest BCUT2D eigenvalue weighted by Gasteiger charge is -2.15. The fourth-order valence-corrected chi connectivity index (χ4v) is 1.92. The summed E-state index contributed by atoms with van der Waals surface area (Å²) in [7, 11) is 2.13. The molecule has 0 aliphatic heterocycles. The number of aromatic hydroxyl groups is 1. The van der Waals surface area contributed by atoms with Crippen LogP contribution in [0.25, 0.3) is 0 Å². The van der Waals surface area contributed by atoms with Crippen molar-refractivity contribution in [2.24, 2.45) is 0 Å². The van der Waals surface area contributed by atoms with Gasteiger partial charge in [0.1, 0.15) is 11.6 Å². The van der Waals surface area contributed by atoms with E-state index in [1.54, 1.807) is 6.07 Å². The van der Waals surface area contributed by atoms with Gasteiger partial charge in [0.05, 0.1) is 0 Å². The summed E-state index contributed by atoms with van der Waals surface area (Å²) in [6, 6.07) is 4.91. The molecule has 1 aliphatic rings. The molecule has 0 aromatic heterocycles. The molecule has 0 radical (unpaired) electrons. The molecule has 0 bridgehead atoms. The van der Waals surface area contributed by atoms with E-state index in [2.05, 4.69) is 17.3 Å². The van der Waals surface area contributed by atoms with Crippen molar-refractivity contribution < 1.29 is 9.50 Å². The average molecular weight is 238 g/mol. The minimum absolute atomic E-state index is 0.0168. The van der Waals surface area contributed by atoms with Crippen LogP contribution in [0.3, 0.4) is 0 Å². The molecule has 1 aromatic rings. The second kappa shape index (κ2) is 5.47. The molecule has 1 saturated carbocycles. The second-order valence-electron chi connectivity index (χ2n) is 4.71. The molecule has 0 amide bonds. The Kier molecular flexibility index (Phi) is 3.97. The van der Waals surface area contributed by atoms with Crippen molar-refractivity contribution in [1.82, 2.24) is 10.2 Å². The number of hydrogen-bond acceptors (Lipinski definition) is 3. The fourth-order valence-electron chi connectivity index (χ4n) is 1.92. The van der Waals surface area contributed by atoms with Crippen LogP contribution < -0.4 is 5.32 Å². The number of nitrogens with zero attached hydrogens (tertiary/aromatic N) is 1. The number of likely N-dealkylation sites (N-methyl/N-ethyl adjacent to an activating group) is 1. The van der Waals surface area contributed by atoms with E-state index in [0.29, 0.717) is 6.54 Å². The van der Waals surface area contributed by atoms with Crippen LogP contribution in [0.4, 0.5) is 4.39 Å². The number of hydrogen-bond donors (Lipinski definition) is 2. The van der Waals surface area contributed by atoms with Crippen LogP contribution in [0.15, 0.2) is 18.2 Å². The topological polar surface area (TPSA) is 35.5 Å².